The third-order valence-electron chi connectivity index (χ3n) is 6.07. The molecule has 1 saturated heterocycles. The summed E-state index contributed by atoms with van der Waals surface area (Å²) in [5, 5.41) is 14.6. The van der Waals surface area contributed by atoms with E-state index in [9.17, 15) is 28.3 Å². The van der Waals surface area contributed by atoms with Crippen LogP contribution >= 0.6 is 0 Å². The number of nitrogens with zero attached hydrogens (tertiary/aromatic N) is 3. The maximum absolute atomic E-state index is 13.9. The number of aromatic nitrogens is 1. The zero-order valence-corrected chi connectivity index (χ0v) is 18.6. The molecule has 0 atom stereocenters. The highest BCUT2D eigenvalue weighted by Gasteiger charge is 2.55. The summed E-state index contributed by atoms with van der Waals surface area (Å²) in [5.74, 6) is -3.99. The molecule has 1 aromatic carbocycles. The number of nitrogens with one attached hydrogen (secondary N) is 1. The molecule has 0 radical (unpaired) electrons. The molecule has 182 valence electrons. The average molecular weight is 478 g/mol. The second-order valence-electron chi connectivity index (χ2n) is 7.98. The molecule has 2 N–H and O–H groups in total. The van der Waals surface area contributed by atoms with Gasteiger partial charge in [0.1, 0.15) is 17.2 Å². The Kier molecular flexibility index (Phi) is 6.28. The molecule has 2 aliphatic heterocycles. The molecule has 12 heteroatoms. The summed E-state index contributed by atoms with van der Waals surface area (Å²) in [6.45, 7) is 2.79. The molecular weight excluding hydrogens is 454 g/mol. The lowest BCUT2D eigenvalue weighted by Crippen LogP contribution is -2.78. The van der Waals surface area contributed by atoms with Gasteiger partial charge in [0, 0.05) is 44.6 Å². The number of fused-ring (bicyclic) bond motifs is 1. The van der Waals surface area contributed by atoms with Gasteiger partial charge >= 0.3 is 0 Å². The fourth-order valence-corrected chi connectivity index (χ4v) is 4.05. The summed E-state index contributed by atoms with van der Waals surface area (Å²) >= 11 is 0. The Morgan fingerprint density at radius 2 is 2.03 bits per heavy atom. The molecule has 4 rings (SSSR count). The van der Waals surface area contributed by atoms with E-state index in [4.69, 9.17) is 9.47 Å². The molecule has 0 bridgehead atoms. The number of carbonyl (C=O) groups excluding carboxylic acids is 2. The van der Waals surface area contributed by atoms with Crippen LogP contribution in [0.4, 0.5) is 8.78 Å². The van der Waals surface area contributed by atoms with Gasteiger partial charge in [-0.2, -0.15) is 0 Å². The van der Waals surface area contributed by atoms with Crippen LogP contribution in [0.5, 0.6) is 5.75 Å². The van der Waals surface area contributed by atoms with Gasteiger partial charge in [-0.25, -0.2) is 8.78 Å². The van der Waals surface area contributed by atoms with E-state index in [2.05, 4.69) is 5.32 Å². The van der Waals surface area contributed by atoms with Gasteiger partial charge in [0.05, 0.1) is 19.8 Å². The Bertz CT molecular complexity index is 1200. The predicted octanol–water partition coefficient (Wildman–Crippen LogP) is 0.549. The minimum atomic E-state index is -1.05. The quantitative estimate of drug-likeness (QED) is 0.559. The number of pyridine rings is 1. The van der Waals surface area contributed by atoms with Gasteiger partial charge in [-0.05, 0) is 13.0 Å². The van der Waals surface area contributed by atoms with E-state index in [1.807, 2.05) is 6.92 Å². The first-order valence-electron chi connectivity index (χ1n) is 10.6. The number of carbonyl (C=O) groups is 2. The fourth-order valence-electron chi connectivity index (χ4n) is 4.05. The van der Waals surface area contributed by atoms with Gasteiger partial charge < -0.3 is 24.8 Å². The van der Waals surface area contributed by atoms with Crippen molar-refractivity contribution in [2.45, 2.75) is 19.1 Å². The number of benzene rings is 1. The third kappa shape index (κ3) is 3.78. The highest BCUT2D eigenvalue weighted by molar-refractivity contribution is 5.99. The van der Waals surface area contributed by atoms with E-state index in [1.54, 1.807) is 12.1 Å². The zero-order chi connectivity index (χ0) is 24.6. The van der Waals surface area contributed by atoms with Crippen molar-refractivity contribution in [1.82, 2.24) is 14.9 Å². The van der Waals surface area contributed by atoms with E-state index in [0.717, 1.165) is 12.3 Å². The topological polar surface area (TPSA) is 113 Å². The maximum Gasteiger partial charge on any atom is 0.278 e. The molecule has 2 amide bonds. The van der Waals surface area contributed by atoms with E-state index in [0.29, 0.717) is 12.7 Å². The van der Waals surface area contributed by atoms with Crippen LogP contribution < -0.4 is 15.8 Å². The Hall–Kier alpha value is -3.51. The first kappa shape index (κ1) is 23.6. The maximum atomic E-state index is 13.9. The lowest BCUT2D eigenvalue weighted by Gasteiger charge is -2.58. The largest absolute Gasteiger partial charge is 0.502 e. The zero-order valence-electron chi connectivity index (χ0n) is 18.6. The Morgan fingerprint density at radius 1 is 1.29 bits per heavy atom. The molecule has 2 aliphatic rings. The number of likely N-dealkylation sites (N-methyl/N-ethyl adjacent to an activating group) is 1. The molecule has 2 aromatic rings. The summed E-state index contributed by atoms with van der Waals surface area (Å²) in [6, 6.07) is 2.90. The fraction of sp³-hybridized carbons (Fsp3) is 0.409. The number of rotatable bonds is 7. The van der Waals surface area contributed by atoms with Crippen LogP contribution in [0.15, 0.2) is 29.2 Å². The number of hydrogen-bond acceptors (Lipinski definition) is 7. The van der Waals surface area contributed by atoms with Crippen LogP contribution in [0.25, 0.3) is 0 Å². The van der Waals surface area contributed by atoms with Crippen LogP contribution in [-0.4, -0.2) is 72.2 Å². The third-order valence-corrected chi connectivity index (χ3v) is 6.07. The second kappa shape index (κ2) is 9.03. The van der Waals surface area contributed by atoms with E-state index in [1.165, 1.54) is 15.6 Å². The van der Waals surface area contributed by atoms with Crippen molar-refractivity contribution in [2.75, 3.05) is 45.0 Å². The van der Waals surface area contributed by atoms with Crippen LogP contribution in [0, 0.1) is 11.6 Å². The van der Waals surface area contributed by atoms with Gasteiger partial charge in [-0.3, -0.25) is 24.1 Å². The molecule has 10 nitrogen and oxygen atoms in total. The monoisotopic (exact) mass is 478 g/mol. The highest BCUT2D eigenvalue weighted by Crippen LogP contribution is 2.35. The predicted molar refractivity (Wildman–Crippen MR) is 115 cm³/mol. The van der Waals surface area contributed by atoms with E-state index < -0.39 is 45.9 Å². The Morgan fingerprint density at radius 3 is 2.65 bits per heavy atom. The summed E-state index contributed by atoms with van der Waals surface area (Å²) in [5.41, 5.74) is -2.65. The van der Waals surface area contributed by atoms with Crippen LogP contribution in [0.2, 0.25) is 0 Å². The number of amides is 2. The van der Waals surface area contributed by atoms with Gasteiger partial charge in [0.15, 0.2) is 17.1 Å². The van der Waals surface area contributed by atoms with Gasteiger partial charge in [-0.15, -0.1) is 0 Å². The summed E-state index contributed by atoms with van der Waals surface area (Å²) in [6.07, 6.45) is 1.16. The van der Waals surface area contributed by atoms with Crippen molar-refractivity contribution in [3.05, 3.63) is 63.1 Å². The molecular formula is C22H24F2N4O6. The lowest BCUT2D eigenvalue weighted by molar-refractivity contribution is -0.142. The van der Waals surface area contributed by atoms with Crippen LogP contribution in [0.3, 0.4) is 0 Å². The molecule has 0 aliphatic carbocycles. The first-order chi connectivity index (χ1) is 16.2. The number of ether oxygens (including phenoxy) is 2. The molecule has 0 saturated carbocycles. The molecule has 1 spiro atoms. The summed E-state index contributed by atoms with van der Waals surface area (Å²) < 4.78 is 39.0. The minimum absolute atomic E-state index is 0.0137. The van der Waals surface area contributed by atoms with Crippen molar-refractivity contribution in [1.29, 1.82) is 0 Å². The molecule has 0 unspecified atom stereocenters. The van der Waals surface area contributed by atoms with Gasteiger partial charge in [0.2, 0.25) is 5.43 Å². The molecule has 34 heavy (non-hydrogen) atoms. The standard InChI is InChI=1S/C22H24F2N4O6/c1-3-33-7-6-27-21(32)17-19(30)18(29)15(10-28(17)26(2)22(27)11-34-12-22)20(31)25-9-13-4-5-14(23)8-16(13)24/h4-5,8,10,30H,3,6-7,9,11-12H2,1-2H3,(H,25,31). The second-order valence-corrected chi connectivity index (χ2v) is 7.98. The van der Waals surface area contributed by atoms with Crippen molar-refractivity contribution < 1.29 is 33.0 Å². The van der Waals surface area contributed by atoms with Crippen molar-refractivity contribution in [3.63, 3.8) is 0 Å². The Labute approximate surface area is 193 Å². The SMILES string of the molecule is CCOCCN1C(=O)c2c(O)c(=O)c(C(=O)NCc3ccc(F)cc3F)cn2N(C)C12COC2. The normalized spacial score (nSPS) is 16.4. The van der Waals surface area contributed by atoms with E-state index in [-0.39, 0.29) is 44.2 Å². The van der Waals surface area contributed by atoms with Crippen LogP contribution in [-0.2, 0) is 16.0 Å². The first-order valence-corrected chi connectivity index (χ1v) is 10.6. The van der Waals surface area contributed by atoms with Gasteiger partial charge in [0.25, 0.3) is 11.8 Å². The number of hydrogen-bond donors (Lipinski definition) is 2. The van der Waals surface area contributed by atoms with E-state index >= 15 is 0 Å². The van der Waals surface area contributed by atoms with Crippen molar-refractivity contribution in [3.8, 4) is 5.75 Å². The smallest absolute Gasteiger partial charge is 0.278 e. The number of aromatic hydroxyl groups is 1. The van der Waals surface area contributed by atoms with Crippen molar-refractivity contribution >= 4 is 11.8 Å². The molecule has 3 heterocycles. The Balaban J connectivity index is 1.66. The summed E-state index contributed by atoms with van der Waals surface area (Å²) in [4.78, 5) is 40.3. The van der Waals surface area contributed by atoms with Crippen molar-refractivity contribution in [2.24, 2.45) is 0 Å². The highest BCUT2D eigenvalue weighted by atomic mass is 19.1. The van der Waals surface area contributed by atoms with Crippen LogP contribution in [0.1, 0.15) is 33.3 Å². The summed E-state index contributed by atoms with van der Waals surface area (Å²) in [7, 11) is 1.64. The lowest BCUT2D eigenvalue weighted by atomic mass is 10.0. The number of halogens is 2. The molecule has 1 fully saturated rings. The molecule has 1 aromatic heterocycles. The minimum Gasteiger partial charge on any atom is -0.502 e. The average Bonchev–Trinajstić information content (AvgIpc) is 2.77. The van der Waals surface area contributed by atoms with Gasteiger partial charge in [-0.1, -0.05) is 6.07 Å².